The Kier molecular flexibility index (Phi) is 5.15. The number of benzene rings is 2. The Bertz CT molecular complexity index is 1080. The predicted molar refractivity (Wildman–Crippen MR) is 112 cm³/mol. The SMILES string of the molecule is Cc1nn(CN(C)Cc2nc3ccccc3s2)c(=S)n1Cc1ccccc1. The zero-order valence-electron chi connectivity index (χ0n) is 15.4. The molecule has 0 aliphatic rings. The Balaban J connectivity index is 1.49. The second-order valence-electron chi connectivity index (χ2n) is 6.63. The highest BCUT2D eigenvalue weighted by Crippen LogP contribution is 2.22. The first kappa shape index (κ1) is 18.0. The first-order valence-corrected chi connectivity index (χ1v) is 10.0. The summed E-state index contributed by atoms with van der Waals surface area (Å²) in [5.41, 5.74) is 2.28. The molecule has 2 heterocycles. The summed E-state index contributed by atoms with van der Waals surface area (Å²) in [7, 11) is 2.07. The molecule has 2 aromatic carbocycles. The molecule has 0 saturated carbocycles. The summed E-state index contributed by atoms with van der Waals surface area (Å²) < 4.78 is 5.94. The molecule has 2 aromatic heterocycles. The van der Waals surface area contributed by atoms with Crippen molar-refractivity contribution in [3.05, 3.63) is 75.8 Å². The summed E-state index contributed by atoms with van der Waals surface area (Å²) in [6.45, 7) is 4.15. The fraction of sp³-hybridized carbons (Fsp3) is 0.250. The van der Waals surface area contributed by atoms with Crippen molar-refractivity contribution in [2.75, 3.05) is 7.05 Å². The summed E-state index contributed by atoms with van der Waals surface area (Å²) >= 11 is 7.41. The molecule has 0 saturated heterocycles. The van der Waals surface area contributed by atoms with E-state index in [0.29, 0.717) is 6.67 Å². The van der Waals surface area contributed by atoms with Crippen LogP contribution >= 0.6 is 23.6 Å². The van der Waals surface area contributed by atoms with E-state index >= 15 is 0 Å². The van der Waals surface area contributed by atoms with Gasteiger partial charge < -0.3 is 0 Å². The van der Waals surface area contributed by atoms with Gasteiger partial charge in [-0.25, -0.2) is 9.67 Å². The van der Waals surface area contributed by atoms with Gasteiger partial charge >= 0.3 is 0 Å². The number of hydrogen-bond donors (Lipinski definition) is 0. The number of para-hydroxylation sites is 1. The molecule has 0 N–H and O–H groups in total. The van der Waals surface area contributed by atoms with Gasteiger partial charge in [0.15, 0.2) is 4.77 Å². The summed E-state index contributed by atoms with van der Waals surface area (Å²) in [5, 5.41) is 5.75. The standard InChI is InChI=1S/C20H21N5S2/c1-15-22-25(20(26)24(15)12-16-8-4-3-5-9-16)14-23(2)13-19-21-17-10-6-7-11-18(17)27-19/h3-11H,12-14H2,1-2H3. The molecule has 0 amide bonds. The molecule has 0 bridgehead atoms. The number of nitrogens with zero attached hydrogens (tertiary/aromatic N) is 5. The largest absolute Gasteiger partial charge is 0.300 e. The number of thiazole rings is 1. The predicted octanol–water partition coefficient (Wildman–Crippen LogP) is 4.47. The molecule has 5 nitrogen and oxygen atoms in total. The van der Waals surface area contributed by atoms with Crippen molar-refractivity contribution in [1.82, 2.24) is 24.2 Å². The zero-order chi connectivity index (χ0) is 18.8. The molecule has 0 aliphatic heterocycles. The third kappa shape index (κ3) is 4.00. The van der Waals surface area contributed by atoms with Gasteiger partial charge in [0.2, 0.25) is 0 Å². The van der Waals surface area contributed by atoms with E-state index in [1.165, 1.54) is 10.3 Å². The van der Waals surface area contributed by atoms with Crippen LogP contribution in [0.2, 0.25) is 0 Å². The lowest BCUT2D eigenvalue weighted by Crippen LogP contribution is -2.22. The summed E-state index contributed by atoms with van der Waals surface area (Å²) in [4.78, 5) is 6.90. The fourth-order valence-corrected chi connectivity index (χ4v) is 4.43. The maximum atomic E-state index is 5.67. The molecular formula is C20H21N5S2. The van der Waals surface area contributed by atoms with Gasteiger partial charge in [0.05, 0.1) is 30.0 Å². The average molecular weight is 396 g/mol. The van der Waals surface area contributed by atoms with E-state index in [9.17, 15) is 0 Å². The van der Waals surface area contributed by atoms with Crippen LogP contribution in [0.5, 0.6) is 0 Å². The van der Waals surface area contributed by atoms with Gasteiger partial charge in [-0.1, -0.05) is 42.5 Å². The topological polar surface area (TPSA) is 38.9 Å². The van der Waals surface area contributed by atoms with E-state index < -0.39 is 0 Å². The molecule has 0 unspecified atom stereocenters. The van der Waals surface area contributed by atoms with Crippen molar-refractivity contribution in [3.8, 4) is 0 Å². The molecule has 7 heteroatoms. The van der Waals surface area contributed by atoms with Gasteiger partial charge in [-0.2, -0.15) is 5.10 Å². The first-order valence-electron chi connectivity index (χ1n) is 8.81. The second kappa shape index (κ2) is 7.72. The minimum atomic E-state index is 0.636. The fourth-order valence-electron chi connectivity index (χ4n) is 3.09. The minimum absolute atomic E-state index is 0.636. The summed E-state index contributed by atoms with van der Waals surface area (Å²) in [6.07, 6.45) is 0. The van der Waals surface area contributed by atoms with Crippen LogP contribution in [0.3, 0.4) is 0 Å². The molecule has 138 valence electrons. The van der Waals surface area contributed by atoms with E-state index in [1.54, 1.807) is 11.3 Å². The van der Waals surface area contributed by atoms with Gasteiger partial charge in [-0.05, 0) is 43.9 Å². The lowest BCUT2D eigenvalue weighted by molar-refractivity contribution is 0.243. The normalized spacial score (nSPS) is 11.5. The average Bonchev–Trinajstić information content (AvgIpc) is 3.18. The molecule has 0 radical (unpaired) electrons. The molecule has 0 fully saturated rings. The van der Waals surface area contributed by atoms with Crippen molar-refractivity contribution in [1.29, 1.82) is 0 Å². The van der Waals surface area contributed by atoms with Gasteiger partial charge in [-0.3, -0.25) is 9.47 Å². The molecule has 0 atom stereocenters. The van der Waals surface area contributed by atoms with Crippen LogP contribution < -0.4 is 0 Å². The van der Waals surface area contributed by atoms with Crippen molar-refractivity contribution < 1.29 is 0 Å². The van der Waals surface area contributed by atoms with Gasteiger partial charge in [-0.15, -0.1) is 11.3 Å². The Hall–Kier alpha value is -2.35. The van der Waals surface area contributed by atoms with Crippen LogP contribution in [0.15, 0.2) is 54.6 Å². The van der Waals surface area contributed by atoms with Crippen molar-refractivity contribution in [2.45, 2.75) is 26.7 Å². The summed E-state index contributed by atoms with van der Waals surface area (Å²) in [5.74, 6) is 0.928. The lowest BCUT2D eigenvalue weighted by Gasteiger charge is -2.14. The van der Waals surface area contributed by atoms with Crippen LogP contribution in [0.1, 0.15) is 16.4 Å². The third-order valence-electron chi connectivity index (χ3n) is 4.41. The highest BCUT2D eigenvalue weighted by atomic mass is 32.1. The van der Waals surface area contributed by atoms with E-state index in [0.717, 1.165) is 34.2 Å². The highest BCUT2D eigenvalue weighted by molar-refractivity contribution is 7.71. The number of hydrogen-bond acceptors (Lipinski definition) is 5. The van der Waals surface area contributed by atoms with E-state index in [-0.39, 0.29) is 0 Å². The number of aryl methyl sites for hydroxylation is 1. The minimum Gasteiger partial charge on any atom is -0.300 e. The first-order chi connectivity index (χ1) is 13.1. The molecular weight excluding hydrogens is 374 g/mol. The Morgan fingerprint density at radius 3 is 2.59 bits per heavy atom. The van der Waals surface area contributed by atoms with E-state index in [2.05, 4.69) is 51.9 Å². The smallest absolute Gasteiger partial charge is 0.199 e. The number of fused-ring (bicyclic) bond motifs is 1. The van der Waals surface area contributed by atoms with E-state index in [1.807, 2.05) is 35.9 Å². The zero-order valence-corrected chi connectivity index (χ0v) is 17.0. The van der Waals surface area contributed by atoms with Gasteiger partial charge in [0.25, 0.3) is 0 Å². The molecule has 0 spiro atoms. The third-order valence-corrected chi connectivity index (χ3v) is 5.86. The van der Waals surface area contributed by atoms with Crippen LogP contribution in [-0.4, -0.2) is 31.3 Å². The molecule has 4 rings (SSSR count). The van der Waals surface area contributed by atoms with Gasteiger partial charge in [0.1, 0.15) is 10.8 Å². The van der Waals surface area contributed by atoms with Crippen LogP contribution in [0, 0.1) is 11.7 Å². The quantitative estimate of drug-likeness (QED) is 0.452. The molecule has 0 aliphatic carbocycles. The number of aromatic nitrogens is 4. The molecule has 4 aromatic rings. The van der Waals surface area contributed by atoms with Crippen molar-refractivity contribution >= 4 is 33.8 Å². The number of rotatable bonds is 6. The van der Waals surface area contributed by atoms with Crippen LogP contribution in [-0.2, 0) is 19.8 Å². The van der Waals surface area contributed by atoms with Gasteiger partial charge in [0, 0.05) is 0 Å². The second-order valence-corrected chi connectivity index (χ2v) is 8.11. The van der Waals surface area contributed by atoms with Crippen molar-refractivity contribution in [3.63, 3.8) is 0 Å². The Morgan fingerprint density at radius 1 is 1.07 bits per heavy atom. The Morgan fingerprint density at radius 2 is 1.81 bits per heavy atom. The Labute approximate surface area is 167 Å². The van der Waals surface area contributed by atoms with E-state index in [4.69, 9.17) is 17.2 Å². The maximum absolute atomic E-state index is 5.67. The van der Waals surface area contributed by atoms with Crippen LogP contribution in [0.4, 0.5) is 0 Å². The summed E-state index contributed by atoms with van der Waals surface area (Å²) in [6, 6.07) is 18.6. The van der Waals surface area contributed by atoms with Crippen molar-refractivity contribution in [2.24, 2.45) is 0 Å². The lowest BCUT2D eigenvalue weighted by atomic mass is 10.2. The highest BCUT2D eigenvalue weighted by Gasteiger charge is 2.11. The molecule has 27 heavy (non-hydrogen) atoms. The maximum Gasteiger partial charge on any atom is 0.199 e. The monoisotopic (exact) mass is 395 g/mol. The van der Waals surface area contributed by atoms with Crippen LogP contribution in [0.25, 0.3) is 10.2 Å².